The van der Waals surface area contributed by atoms with Gasteiger partial charge in [-0.05, 0) is 33.3 Å². The average Bonchev–Trinajstić information content (AvgIpc) is 2.47. The summed E-state index contributed by atoms with van der Waals surface area (Å²) in [4.78, 5) is 18.2. The number of rotatable bonds is 4. The maximum atomic E-state index is 11.9. The number of likely N-dealkylation sites (tertiary alicyclic amines) is 1. The Hall–Kier alpha value is -1.51. The van der Waals surface area contributed by atoms with E-state index < -0.39 is 5.60 Å². The van der Waals surface area contributed by atoms with Gasteiger partial charge in [-0.25, -0.2) is 9.79 Å². The molecule has 0 saturated carbocycles. The number of nitrogens with zero attached hydrogens (tertiary/aromatic N) is 2. The molecule has 7 heteroatoms. The molecule has 0 spiro atoms. The summed E-state index contributed by atoms with van der Waals surface area (Å²) < 4.78 is 5.36. The molecule has 140 valence electrons. The highest BCUT2D eigenvalue weighted by atomic mass is 127. The van der Waals surface area contributed by atoms with Gasteiger partial charge in [0.2, 0.25) is 0 Å². The van der Waals surface area contributed by atoms with Gasteiger partial charge in [0, 0.05) is 19.6 Å². The number of carbonyl (C=O) groups is 1. The molecule has 1 fully saturated rings. The van der Waals surface area contributed by atoms with Crippen molar-refractivity contribution < 1.29 is 9.53 Å². The number of nitrogens with one attached hydrogen (secondary N) is 2. The Morgan fingerprint density at radius 2 is 1.92 bits per heavy atom. The third kappa shape index (κ3) is 7.50. The van der Waals surface area contributed by atoms with Gasteiger partial charge < -0.3 is 20.3 Å². The van der Waals surface area contributed by atoms with Crippen molar-refractivity contribution in [2.75, 3.05) is 19.6 Å². The molecule has 2 rings (SSSR count). The predicted molar refractivity (Wildman–Crippen MR) is 111 cm³/mol. The van der Waals surface area contributed by atoms with Crippen molar-refractivity contribution in [2.45, 2.75) is 45.9 Å². The first kappa shape index (κ1) is 21.5. The fourth-order valence-electron chi connectivity index (χ4n) is 2.31. The van der Waals surface area contributed by atoms with Gasteiger partial charge in [0.25, 0.3) is 0 Å². The SMILES string of the molecule is CCNC(=NCc1ccccc1)NC1CN(C(=O)OC(C)(C)C)C1.I. The van der Waals surface area contributed by atoms with E-state index in [1.807, 2.05) is 45.9 Å². The molecule has 25 heavy (non-hydrogen) atoms. The number of amides is 1. The van der Waals surface area contributed by atoms with Crippen molar-refractivity contribution >= 4 is 36.0 Å². The van der Waals surface area contributed by atoms with E-state index in [0.29, 0.717) is 19.6 Å². The molecule has 1 aliphatic heterocycles. The van der Waals surface area contributed by atoms with Crippen LogP contribution in [0, 0.1) is 0 Å². The van der Waals surface area contributed by atoms with E-state index in [4.69, 9.17) is 4.74 Å². The third-order valence-corrected chi connectivity index (χ3v) is 3.48. The van der Waals surface area contributed by atoms with Crippen LogP contribution in [0.1, 0.15) is 33.3 Å². The molecule has 2 N–H and O–H groups in total. The highest BCUT2D eigenvalue weighted by molar-refractivity contribution is 14.0. The van der Waals surface area contributed by atoms with Gasteiger partial charge in [0.05, 0.1) is 12.6 Å². The zero-order valence-electron chi connectivity index (χ0n) is 15.4. The summed E-state index contributed by atoms with van der Waals surface area (Å²) >= 11 is 0. The second kappa shape index (κ2) is 9.84. The number of hydrogen-bond donors (Lipinski definition) is 2. The van der Waals surface area contributed by atoms with Gasteiger partial charge in [-0.2, -0.15) is 0 Å². The van der Waals surface area contributed by atoms with Crippen molar-refractivity contribution in [1.29, 1.82) is 0 Å². The Labute approximate surface area is 167 Å². The van der Waals surface area contributed by atoms with Crippen LogP contribution in [-0.2, 0) is 11.3 Å². The summed E-state index contributed by atoms with van der Waals surface area (Å²) in [6.45, 7) is 10.3. The number of aliphatic imine (C=N–C) groups is 1. The molecule has 6 nitrogen and oxygen atoms in total. The molecule has 1 aliphatic rings. The lowest BCUT2D eigenvalue weighted by atomic mass is 10.1. The number of guanidine groups is 1. The maximum absolute atomic E-state index is 11.9. The van der Waals surface area contributed by atoms with Crippen molar-refractivity contribution in [3.8, 4) is 0 Å². The number of halogens is 1. The Kier molecular flexibility index (Phi) is 8.47. The van der Waals surface area contributed by atoms with Crippen LogP contribution < -0.4 is 10.6 Å². The minimum atomic E-state index is -0.457. The van der Waals surface area contributed by atoms with Crippen molar-refractivity contribution in [2.24, 2.45) is 4.99 Å². The largest absolute Gasteiger partial charge is 0.444 e. The first-order valence-corrected chi connectivity index (χ1v) is 8.44. The highest BCUT2D eigenvalue weighted by Crippen LogP contribution is 2.15. The summed E-state index contributed by atoms with van der Waals surface area (Å²) in [6, 6.07) is 10.3. The van der Waals surface area contributed by atoms with Gasteiger partial charge in [-0.1, -0.05) is 30.3 Å². The van der Waals surface area contributed by atoms with Gasteiger partial charge >= 0.3 is 6.09 Å². The van der Waals surface area contributed by atoms with Crippen LogP contribution in [-0.4, -0.2) is 48.2 Å². The lowest BCUT2D eigenvalue weighted by Gasteiger charge is -2.40. The molecule has 0 aliphatic carbocycles. The molecular weight excluding hydrogens is 431 g/mol. The summed E-state index contributed by atoms with van der Waals surface area (Å²) in [7, 11) is 0. The minimum Gasteiger partial charge on any atom is -0.444 e. The maximum Gasteiger partial charge on any atom is 0.410 e. The highest BCUT2D eigenvalue weighted by Gasteiger charge is 2.34. The molecule has 1 heterocycles. The molecule has 0 unspecified atom stereocenters. The van der Waals surface area contributed by atoms with E-state index >= 15 is 0 Å². The normalized spacial score (nSPS) is 15.0. The number of ether oxygens (including phenoxy) is 1. The van der Waals surface area contributed by atoms with Crippen LogP contribution in [0.2, 0.25) is 0 Å². The second-order valence-corrected chi connectivity index (χ2v) is 6.91. The first-order valence-electron chi connectivity index (χ1n) is 8.44. The predicted octanol–water partition coefficient (Wildman–Crippen LogP) is 2.98. The van der Waals surface area contributed by atoms with E-state index in [-0.39, 0.29) is 36.1 Å². The number of benzene rings is 1. The van der Waals surface area contributed by atoms with E-state index in [2.05, 4.69) is 27.8 Å². The molecule has 1 aromatic rings. The van der Waals surface area contributed by atoms with E-state index in [1.165, 1.54) is 5.56 Å². The topological polar surface area (TPSA) is 66.0 Å². The standard InChI is InChI=1S/C18H28N4O2.HI/c1-5-19-16(20-11-14-9-7-6-8-10-14)21-15-12-22(13-15)17(23)24-18(2,3)4;/h6-10,15H,5,11-13H2,1-4H3,(H2,19,20,21);1H. The van der Waals surface area contributed by atoms with Gasteiger partial charge in [0.15, 0.2) is 5.96 Å². The molecule has 1 aromatic carbocycles. The van der Waals surface area contributed by atoms with Crippen LogP contribution in [0.25, 0.3) is 0 Å². The van der Waals surface area contributed by atoms with Crippen molar-refractivity contribution in [3.05, 3.63) is 35.9 Å². The second-order valence-electron chi connectivity index (χ2n) is 6.91. The molecule has 0 aromatic heterocycles. The van der Waals surface area contributed by atoms with E-state index in [9.17, 15) is 4.79 Å². The Morgan fingerprint density at radius 3 is 2.48 bits per heavy atom. The fourth-order valence-corrected chi connectivity index (χ4v) is 2.31. The summed E-state index contributed by atoms with van der Waals surface area (Å²) in [6.07, 6.45) is -0.258. The van der Waals surface area contributed by atoms with Crippen molar-refractivity contribution in [3.63, 3.8) is 0 Å². The smallest absolute Gasteiger partial charge is 0.410 e. The van der Waals surface area contributed by atoms with Gasteiger partial charge in [-0.3, -0.25) is 0 Å². The Morgan fingerprint density at radius 1 is 1.28 bits per heavy atom. The molecular formula is C18H29IN4O2. The third-order valence-electron chi connectivity index (χ3n) is 3.48. The van der Waals surface area contributed by atoms with E-state index in [0.717, 1.165) is 12.5 Å². The quantitative estimate of drug-likeness (QED) is 0.412. The zero-order valence-corrected chi connectivity index (χ0v) is 17.7. The molecule has 0 atom stereocenters. The first-order chi connectivity index (χ1) is 11.4. The van der Waals surface area contributed by atoms with E-state index in [1.54, 1.807) is 4.90 Å². The molecule has 0 radical (unpaired) electrons. The summed E-state index contributed by atoms with van der Waals surface area (Å²) in [5.74, 6) is 0.773. The minimum absolute atomic E-state index is 0. The van der Waals surface area contributed by atoms with Crippen LogP contribution >= 0.6 is 24.0 Å². The summed E-state index contributed by atoms with van der Waals surface area (Å²) in [5, 5.41) is 6.60. The average molecular weight is 460 g/mol. The van der Waals surface area contributed by atoms with Crippen LogP contribution in [0.5, 0.6) is 0 Å². The monoisotopic (exact) mass is 460 g/mol. The van der Waals surface area contributed by atoms with Crippen LogP contribution in [0.4, 0.5) is 4.79 Å². The molecule has 1 saturated heterocycles. The summed E-state index contributed by atoms with van der Waals surface area (Å²) in [5.41, 5.74) is 0.709. The number of carbonyl (C=O) groups excluding carboxylic acids is 1. The van der Waals surface area contributed by atoms with Gasteiger partial charge in [-0.15, -0.1) is 24.0 Å². The van der Waals surface area contributed by atoms with Crippen LogP contribution in [0.15, 0.2) is 35.3 Å². The lowest BCUT2D eigenvalue weighted by molar-refractivity contribution is 0.00701. The van der Waals surface area contributed by atoms with Crippen molar-refractivity contribution in [1.82, 2.24) is 15.5 Å². The molecule has 0 bridgehead atoms. The van der Waals surface area contributed by atoms with Crippen LogP contribution in [0.3, 0.4) is 0 Å². The zero-order chi connectivity index (χ0) is 17.6. The number of hydrogen-bond acceptors (Lipinski definition) is 3. The van der Waals surface area contributed by atoms with Gasteiger partial charge in [0.1, 0.15) is 5.60 Å². The molecule has 1 amide bonds. The lowest BCUT2D eigenvalue weighted by Crippen LogP contribution is -2.63. The fraction of sp³-hybridized carbons (Fsp3) is 0.556. The Bertz CT molecular complexity index is 566. The Balaban J connectivity index is 0.00000312.